The van der Waals surface area contributed by atoms with Crippen molar-refractivity contribution >= 4 is 23.6 Å². The molecular weight excluding hydrogens is 393 g/mol. The Kier molecular flexibility index (Phi) is 6.85. The lowest BCUT2D eigenvalue weighted by Crippen LogP contribution is -2.67. The summed E-state index contributed by atoms with van der Waals surface area (Å²) < 4.78 is 19.5. The van der Waals surface area contributed by atoms with Crippen LogP contribution in [0.25, 0.3) is 0 Å². The van der Waals surface area contributed by atoms with E-state index in [0.717, 1.165) is 12.2 Å². The van der Waals surface area contributed by atoms with Gasteiger partial charge in [0.05, 0.1) is 23.8 Å². The summed E-state index contributed by atoms with van der Waals surface area (Å²) in [6.07, 6.45) is 0.319. The molecule has 1 aromatic rings. The maximum absolute atomic E-state index is 14.0. The van der Waals surface area contributed by atoms with Gasteiger partial charge in [0.1, 0.15) is 11.3 Å². The van der Waals surface area contributed by atoms with Gasteiger partial charge in [0.2, 0.25) is 5.91 Å². The molecule has 2 aliphatic rings. The zero-order valence-electron chi connectivity index (χ0n) is 17.1. The first-order valence-corrected chi connectivity index (χ1v) is 11.0. The lowest BCUT2D eigenvalue weighted by molar-refractivity contribution is -0.143. The molecule has 1 amide bonds. The molecule has 0 aliphatic carbocycles. The predicted molar refractivity (Wildman–Crippen MR) is 111 cm³/mol. The molecule has 8 heteroatoms. The van der Waals surface area contributed by atoms with Crippen LogP contribution in [0.4, 0.5) is 4.39 Å². The van der Waals surface area contributed by atoms with E-state index in [0.29, 0.717) is 16.8 Å². The molecule has 6 nitrogen and oxygen atoms in total. The molecule has 3 N–H and O–H groups in total. The van der Waals surface area contributed by atoms with Crippen LogP contribution in [-0.2, 0) is 14.3 Å². The highest BCUT2D eigenvalue weighted by atomic mass is 32.2. The number of hydrogen-bond acceptors (Lipinski definition) is 6. The molecule has 158 valence electrons. The van der Waals surface area contributed by atoms with Gasteiger partial charge in [-0.2, -0.15) is 0 Å². The van der Waals surface area contributed by atoms with Gasteiger partial charge in [-0.15, -0.1) is 11.8 Å². The topological polar surface area (TPSA) is 79.5 Å². The number of benzene rings is 1. The van der Waals surface area contributed by atoms with Crippen LogP contribution in [0, 0.1) is 11.7 Å². The monoisotopic (exact) mass is 421 g/mol. The third-order valence-corrected chi connectivity index (χ3v) is 6.20. The Morgan fingerprint density at radius 3 is 2.72 bits per heavy atom. The lowest BCUT2D eigenvalue weighted by Gasteiger charge is -2.45. The van der Waals surface area contributed by atoms with Crippen molar-refractivity contribution in [3.63, 3.8) is 0 Å². The highest BCUT2D eigenvalue weighted by Gasteiger charge is 2.48. The second-order valence-corrected chi connectivity index (χ2v) is 8.81. The molecular formula is C21H28FN3O3S. The minimum atomic E-state index is -0.618. The molecule has 0 aromatic heterocycles. The predicted octanol–water partition coefficient (Wildman–Crippen LogP) is 2.83. The van der Waals surface area contributed by atoms with E-state index < -0.39 is 23.6 Å². The van der Waals surface area contributed by atoms with Gasteiger partial charge in [0.25, 0.3) is 0 Å². The van der Waals surface area contributed by atoms with Crippen LogP contribution in [-0.4, -0.2) is 35.4 Å². The SMILES string of the molecule is CCCSC1NC(=O)C2C(NC(C)=C(C(=O)OC(C)C)C2c2cccc(F)c2)N1. The number of rotatable bonds is 6. The summed E-state index contributed by atoms with van der Waals surface area (Å²) >= 11 is 1.62. The number of fused-ring (bicyclic) bond motifs is 1. The Labute approximate surface area is 175 Å². The minimum absolute atomic E-state index is 0.175. The van der Waals surface area contributed by atoms with E-state index in [1.807, 2.05) is 0 Å². The van der Waals surface area contributed by atoms with Crippen molar-refractivity contribution < 1.29 is 18.7 Å². The molecule has 1 fully saturated rings. The summed E-state index contributed by atoms with van der Waals surface area (Å²) in [5.74, 6) is -1.41. The normalized spacial score (nSPS) is 26.6. The van der Waals surface area contributed by atoms with Crippen LogP contribution in [0.15, 0.2) is 35.5 Å². The van der Waals surface area contributed by atoms with Crippen LogP contribution in [0.5, 0.6) is 0 Å². The average Bonchev–Trinajstić information content (AvgIpc) is 2.64. The van der Waals surface area contributed by atoms with Crippen molar-refractivity contribution in [1.29, 1.82) is 0 Å². The number of ether oxygens (including phenoxy) is 1. The van der Waals surface area contributed by atoms with Gasteiger partial charge in [0, 0.05) is 11.6 Å². The van der Waals surface area contributed by atoms with E-state index >= 15 is 0 Å². The molecule has 1 saturated heterocycles. The van der Waals surface area contributed by atoms with E-state index in [1.165, 1.54) is 12.1 Å². The molecule has 0 bridgehead atoms. The standard InChI is InChI=1S/C21H28FN3O3S/c1-5-9-29-21-24-18-17(19(26)25-21)16(13-7-6-8-14(22)10-13)15(12(4)23-18)20(27)28-11(2)3/h6-8,10-11,16-18,21,23-24H,5,9H2,1-4H3,(H,25,26). The summed E-state index contributed by atoms with van der Waals surface area (Å²) in [4.78, 5) is 26.0. The number of hydrogen-bond donors (Lipinski definition) is 3. The van der Waals surface area contributed by atoms with Gasteiger partial charge in [0.15, 0.2) is 0 Å². The van der Waals surface area contributed by atoms with Crippen molar-refractivity contribution in [1.82, 2.24) is 16.0 Å². The number of carbonyl (C=O) groups excluding carboxylic acids is 2. The molecule has 0 radical (unpaired) electrons. The second kappa shape index (κ2) is 9.17. The highest BCUT2D eigenvalue weighted by Crippen LogP contribution is 2.41. The molecule has 4 atom stereocenters. The molecule has 1 aromatic carbocycles. The Hall–Kier alpha value is -2.06. The second-order valence-electron chi connectivity index (χ2n) is 7.60. The van der Waals surface area contributed by atoms with E-state index in [9.17, 15) is 14.0 Å². The van der Waals surface area contributed by atoms with Crippen LogP contribution in [0.2, 0.25) is 0 Å². The quantitative estimate of drug-likeness (QED) is 0.613. The fraction of sp³-hybridized carbons (Fsp3) is 0.524. The summed E-state index contributed by atoms with van der Waals surface area (Å²) in [5, 5.41) is 9.66. The van der Waals surface area contributed by atoms with Gasteiger partial charge in [-0.05, 0) is 50.6 Å². The van der Waals surface area contributed by atoms with Crippen LogP contribution in [0.3, 0.4) is 0 Å². The van der Waals surface area contributed by atoms with Crippen LogP contribution >= 0.6 is 11.8 Å². The number of amides is 1. The molecule has 2 aliphatic heterocycles. The number of thioether (sulfide) groups is 1. The Bertz CT molecular complexity index is 814. The average molecular weight is 422 g/mol. The summed E-state index contributed by atoms with van der Waals surface area (Å²) in [6.45, 7) is 7.42. The number of halogens is 1. The fourth-order valence-corrected chi connectivity index (χ4v) is 4.76. The van der Waals surface area contributed by atoms with Crippen LogP contribution in [0.1, 0.15) is 45.6 Å². The zero-order chi connectivity index (χ0) is 21.1. The van der Waals surface area contributed by atoms with Crippen molar-refractivity contribution in [2.45, 2.75) is 57.8 Å². The Balaban J connectivity index is 2.02. The first kappa shape index (κ1) is 21.6. The molecule has 0 spiro atoms. The molecule has 4 unspecified atom stereocenters. The molecule has 3 rings (SSSR count). The van der Waals surface area contributed by atoms with Crippen molar-refractivity contribution in [3.8, 4) is 0 Å². The largest absolute Gasteiger partial charge is 0.460 e. The Morgan fingerprint density at radius 1 is 1.31 bits per heavy atom. The number of nitrogens with one attached hydrogen (secondary N) is 3. The van der Waals surface area contributed by atoms with Gasteiger partial charge < -0.3 is 15.4 Å². The third-order valence-electron chi connectivity index (χ3n) is 4.97. The van der Waals surface area contributed by atoms with E-state index in [-0.39, 0.29) is 23.7 Å². The summed E-state index contributed by atoms with van der Waals surface area (Å²) in [5.41, 5.74) is 1.35. The smallest absolute Gasteiger partial charge is 0.336 e. The lowest BCUT2D eigenvalue weighted by atomic mass is 9.74. The van der Waals surface area contributed by atoms with Crippen molar-refractivity contribution in [2.75, 3.05) is 5.75 Å². The third kappa shape index (κ3) is 4.75. The van der Waals surface area contributed by atoms with Gasteiger partial charge in [-0.25, -0.2) is 9.18 Å². The van der Waals surface area contributed by atoms with E-state index in [4.69, 9.17) is 4.74 Å². The summed E-state index contributed by atoms with van der Waals surface area (Å²) in [6, 6.07) is 6.07. The molecule has 29 heavy (non-hydrogen) atoms. The number of carbonyl (C=O) groups is 2. The van der Waals surface area contributed by atoms with Gasteiger partial charge >= 0.3 is 5.97 Å². The maximum Gasteiger partial charge on any atom is 0.336 e. The van der Waals surface area contributed by atoms with Gasteiger partial charge in [-0.3, -0.25) is 10.1 Å². The van der Waals surface area contributed by atoms with Gasteiger partial charge in [-0.1, -0.05) is 19.1 Å². The van der Waals surface area contributed by atoms with Crippen molar-refractivity contribution in [3.05, 3.63) is 46.9 Å². The molecule has 0 saturated carbocycles. The van der Waals surface area contributed by atoms with Crippen LogP contribution < -0.4 is 16.0 Å². The van der Waals surface area contributed by atoms with Crippen molar-refractivity contribution in [2.24, 2.45) is 5.92 Å². The maximum atomic E-state index is 14.0. The first-order valence-electron chi connectivity index (χ1n) is 9.93. The zero-order valence-corrected chi connectivity index (χ0v) is 17.9. The number of allylic oxidation sites excluding steroid dienone is 1. The van der Waals surface area contributed by atoms with E-state index in [1.54, 1.807) is 44.7 Å². The number of esters is 1. The minimum Gasteiger partial charge on any atom is -0.460 e. The Morgan fingerprint density at radius 2 is 2.07 bits per heavy atom. The fourth-order valence-electron chi connectivity index (χ4n) is 3.84. The summed E-state index contributed by atoms with van der Waals surface area (Å²) in [7, 11) is 0. The first-order chi connectivity index (χ1) is 13.8. The van der Waals surface area contributed by atoms with E-state index in [2.05, 4.69) is 22.9 Å². The molecule has 2 heterocycles. The highest BCUT2D eigenvalue weighted by molar-refractivity contribution is 7.99.